The van der Waals surface area contributed by atoms with Gasteiger partial charge in [-0.2, -0.15) is 0 Å². The maximum absolute atomic E-state index is 12.1. The molecule has 2 amide bonds. The fraction of sp³-hybridized carbons (Fsp3) is 0.625. The Balaban J connectivity index is 4.90. The lowest BCUT2D eigenvalue weighted by Gasteiger charge is -2.23. The van der Waals surface area contributed by atoms with Gasteiger partial charge in [0.2, 0.25) is 5.91 Å². The van der Waals surface area contributed by atoms with Gasteiger partial charge in [-0.1, -0.05) is 6.08 Å². The molecule has 0 saturated heterocycles. The molecule has 0 aliphatic carbocycles. The molecule has 0 aromatic heterocycles. The average molecular weight is 358 g/mol. The lowest BCUT2D eigenvalue weighted by Crippen LogP contribution is -2.44. The number of alkyl carbamates (subject to hydrolysis) is 1. The number of nitrogens with one attached hydrogen (secondary N) is 1. The van der Waals surface area contributed by atoms with Crippen molar-refractivity contribution in [2.75, 3.05) is 14.2 Å². The predicted molar refractivity (Wildman–Crippen MR) is 88.6 cm³/mol. The zero-order valence-corrected chi connectivity index (χ0v) is 15.4. The number of carbonyl (C=O) groups excluding carboxylic acids is 3. The van der Waals surface area contributed by atoms with Crippen molar-refractivity contribution in [2.45, 2.75) is 52.2 Å². The van der Waals surface area contributed by atoms with Crippen molar-refractivity contribution in [1.82, 2.24) is 10.2 Å². The van der Waals surface area contributed by atoms with E-state index in [0.29, 0.717) is 0 Å². The third-order valence-corrected chi connectivity index (χ3v) is 3.05. The Kier molecular flexibility index (Phi) is 8.66. The minimum absolute atomic E-state index is 0.0638. The molecule has 0 bridgehead atoms. The van der Waals surface area contributed by atoms with E-state index in [4.69, 9.17) is 9.84 Å². The Labute approximate surface area is 147 Å². The molecule has 0 aromatic rings. The number of hydrogen-bond acceptors (Lipinski definition) is 6. The number of amides is 2. The summed E-state index contributed by atoms with van der Waals surface area (Å²) in [5, 5.41) is 11.4. The lowest BCUT2D eigenvalue weighted by molar-refractivity contribution is -0.144. The molecule has 0 aromatic carbocycles. The Bertz CT molecular complexity index is 549. The Morgan fingerprint density at radius 3 is 2.20 bits per heavy atom. The van der Waals surface area contributed by atoms with E-state index < -0.39 is 35.6 Å². The molecule has 0 unspecified atom stereocenters. The summed E-state index contributed by atoms with van der Waals surface area (Å²) in [5.74, 6) is -2.49. The summed E-state index contributed by atoms with van der Waals surface area (Å²) in [5.41, 5.74) is -0.928. The second-order valence-electron chi connectivity index (χ2n) is 6.19. The maximum atomic E-state index is 12.1. The van der Waals surface area contributed by atoms with Gasteiger partial charge in [-0.3, -0.25) is 4.79 Å². The van der Waals surface area contributed by atoms with Gasteiger partial charge in [0.1, 0.15) is 17.3 Å². The monoisotopic (exact) mass is 358 g/mol. The van der Waals surface area contributed by atoms with Gasteiger partial charge >= 0.3 is 18.0 Å². The average Bonchev–Trinajstić information content (AvgIpc) is 2.48. The molecule has 0 rings (SSSR count). The Hall–Kier alpha value is -2.58. The summed E-state index contributed by atoms with van der Waals surface area (Å²) in [4.78, 5) is 47.7. The second-order valence-corrected chi connectivity index (χ2v) is 6.19. The number of allylic oxidation sites excluding steroid dienone is 1. The summed E-state index contributed by atoms with van der Waals surface area (Å²) < 4.78 is 9.67. The molecular weight excluding hydrogens is 332 g/mol. The van der Waals surface area contributed by atoms with Crippen LogP contribution in [-0.2, 0) is 23.9 Å². The number of hydrogen-bond donors (Lipinski definition) is 2. The van der Waals surface area contributed by atoms with Gasteiger partial charge in [0, 0.05) is 13.5 Å². The molecule has 2 N–H and O–H groups in total. The van der Waals surface area contributed by atoms with Crippen molar-refractivity contribution in [3.63, 3.8) is 0 Å². The number of nitrogens with zero attached hydrogens (tertiary/aromatic N) is 1. The van der Waals surface area contributed by atoms with E-state index in [1.165, 1.54) is 20.0 Å². The van der Waals surface area contributed by atoms with Crippen LogP contribution in [0.5, 0.6) is 0 Å². The zero-order chi connectivity index (χ0) is 19.8. The first-order chi connectivity index (χ1) is 11.4. The van der Waals surface area contributed by atoms with Crippen LogP contribution >= 0.6 is 0 Å². The highest BCUT2D eigenvalue weighted by atomic mass is 16.6. The van der Waals surface area contributed by atoms with E-state index >= 15 is 0 Å². The van der Waals surface area contributed by atoms with Gasteiger partial charge < -0.3 is 24.8 Å². The van der Waals surface area contributed by atoms with E-state index in [1.54, 1.807) is 20.8 Å². The summed E-state index contributed by atoms with van der Waals surface area (Å²) >= 11 is 0. The number of carboxylic acid groups (broad SMARTS) is 1. The smallest absolute Gasteiger partial charge is 0.408 e. The minimum atomic E-state index is -1.24. The summed E-state index contributed by atoms with van der Waals surface area (Å²) in [6.07, 6.45) is 0.239. The molecule has 0 aliphatic rings. The van der Waals surface area contributed by atoms with Crippen LogP contribution in [0.25, 0.3) is 0 Å². The van der Waals surface area contributed by atoms with E-state index in [0.717, 1.165) is 12.0 Å². The number of esters is 1. The number of carbonyl (C=O) groups is 4. The number of methoxy groups -OCH3 is 1. The van der Waals surface area contributed by atoms with Crippen LogP contribution in [0.4, 0.5) is 4.79 Å². The molecule has 1 atom stereocenters. The third-order valence-electron chi connectivity index (χ3n) is 3.05. The van der Waals surface area contributed by atoms with E-state index in [2.05, 4.69) is 10.1 Å². The maximum Gasteiger partial charge on any atom is 0.408 e. The molecule has 0 fully saturated rings. The van der Waals surface area contributed by atoms with Crippen LogP contribution in [0.3, 0.4) is 0 Å². The van der Waals surface area contributed by atoms with Gasteiger partial charge in [-0.15, -0.1) is 0 Å². The number of likely N-dealkylation sites (N-methyl/N-ethyl adjacent to an activating group) is 1. The van der Waals surface area contributed by atoms with Crippen LogP contribution in [0, 0.1) is 0 Å². The summed E-state index contributed by atoms with van der Waals surface area (Å²) in [6.45, 7) is 6.50. The van der Waals surface area contributed by atoms with Crippen molar-refractivity contribution in [1.29, 1.82) is 0 Å². The molecule has 142 valence electrons. The standard InChI is InChI=1S/C16H26N2O7/c1-7-11(13(20)21)18(5)12(19)9-8-10(14(22)24-6)17-15(23)25-16(2,3)4/h7,10H,8-9H2,1-6H3,(H,17,23)(H,20,21)/b11-7-/t10-/m1/s1. The first-order valence-electron chi connectivity index (χ1n) is 7.66. The van der Waals surface area contributed by atoms with Gasteiger partial charge in [-0.25, -0.2) is 14.4 Å². The van der Waals surface area contributed by atoms with Crippen molar-refractivity contribution in [3.05, 3.63) is 11.8 Å². The van der Waals surface area contributed by atoms with Crippen LogP contribution < -0.4 is 5.32 Å². The Morgan fingerprint density at radius 1 is 1.24 bits per heavy atom. The van der Waals surface area contributed by atoms with Gasteiger partial charge in [0.05, 0.1) is 7.11 Å². The van der Waals surface area contributed by atoms with Crippen molar-refractivity contribution < 1.29 is 33.8 Å². The molecule has 0 spiro atoms. The van der Waals surface area contributed by atoms with Gasteiger partial charge in [-0.05, 0) is 34.1 Å². The van der Waals surface area contributed by atoms with Gasteiger partial charge in [0.15, 0.2) is 0 Å². The highest BCUT2D eigenvalue weighted by Gasteiger charge is 2.27. The Morgan fingerprint density at radius 2 is 1.80 bits per heavy atom. The highest BCUT2D eigenvalue weighted by molar-refractivity contribution is 5.92. The molecule has 0 heterocycles. The summed E-state index contributed by atoms with van der Waals surface area (Å²) in [7, 11) is 2.47. The topological polar surface area (TPSA) is 122 Å². The van der Waals surface area contributed by atoms with Gasteiger partial charge in [0.25, 0.3) is 0 Å². The summed E-state index contributed by atoms with van der Waals surface area (Å²) in [6, 6.07) is -1.09. The zero-order valence-electron chi connectivity index (χ0n) is 15.4. The molecule has 0 saturated carbocycles. The normalized spacial score (nSPS) is 12.8. The first kappa shape index (κ1) is 22.4. The van der Waals surface area contributed by atoms with Crippen LogP contribution in [0.2, 0.25) is 0 Å². The lowest BCUT2D eigenvalue weighted by atomic mass is 10.1. The third kappa shape index (κ3) is 8.18. The van der Waals surface area contributed by atoms with E-state index in [9.17, 15) is 19.2 Å². The molecular formula is C16H26N2O7. The molecule has 25 heavy (non-hydrogen) atoms. The number of aliphatic carboxylic acids is 1. The quantitative estimate of drug-likeness (QED) is 0.519. The number of ether oxygens (including phenoxy) is 2. The van der Waals surface area contributed by atoms with Crippen LogP contribution in [0.15, 0.2) is 11.8 Å². The fourth-order valence-electron chi connectivity index (χ4n) is 1.87. The van der Waals surface area contributed by atoms with E-state index in [-0.39, 0.29) is 18.5 Å². The fourth-order valence-corrected chi connectivity index (χ4v) is 1.87. The van der Waals surface area contributed by atoms with Crippen LogP contribution in [-0.4, -0.2) is 59.7 Å². The van der Waals surface area contributed by atoms with Crippen LogP contribution in [0.1, 0.15) is 40.5 Å². The van der Waals surface area contributed by atoms with Crippen molar-refractivity contribution in [3.8, 4) is 0 Å². The number of carboxylic acids is 1. The SMILES string of the molecule is C/C=C(/C(=O)O)N(C)C(=O)CC[C@@H](NC(=O)OC(C)(C)C)C(=O)OC. The minimum Gasteiger partial charge on any atom is -0.477 e. The molecule has 0 aliphatic heterocycles. The first-order valence-corrected chi connectivity index (χ1v) is 7.66. The molecule has 9 nitrogen and oxygen atoms in total. The van der Waals surface area contributed by atoms with Crippen molar-refractivity contribution >= 4 is 23.9 Å². The molecule has 9 heteroatoms. The second kappa shape index (κ2) is 9.65. The molecule has 0 radical (unpaired) electrons. The largest absolute Gasteiger partial charge is 0.477 e. The van der Waals surface area contributed by atoms with E-state index in [1.807, 2.05) is 0 Å². The van der Waals surface area contributed by atoms with Crippen molar-refractivity contribution in [2.24, 2.45) is 0 Å². The highest BCUT2D eigenvalue weighted by Crippen LogP contribution is 2.10. The number of rotatable bonds is 7. The predicted octanol–water partition coefficient (Wildman–Crippen LogP) is 1.28.